The van der Waals surface area contributed by atoms with Crippen molar-refractivity contribution in [2.45, 2.75) is 13.8 Å². The van der Waals surface area contributed by atoms with Gasteiger partial charge in [0.1, 0.15) is 16.6 Å². The van der Waals surface area contributed by atoms with Crippen LogP contribution in [0.2, 0.25) is 0 Å². The van der Waals surface area contributed by atoms with E-state index in [0.29, 0.717) is 21.8 Å². The fourth-order valence-electron chi connectivity index (χ4n) is 3.37. The molecule has 0 saturated carbocycles. The van der Waals surface area contributed by atoms with Crippen molar-refractivity contribution >= 4 is 34.4 Å². The van der Waals surface area contributed by atoms with E-state index in [1.54, 1.807) is 29.2 Å². The summed E-state index contributed by atoms with van der Waals surface area (Å²) in [6.07, 6.45) is 0. The van der Waals surface area contributed by atoms with Crippen molar-refractivity contribution in [2.24, 2.45) is 0 Å². The number of ether oxygens (including phenoxy) is 1. The number of aromatic nitrogens is 1. The van der Waals surface area contributed by atoms with Crippen LogP contribution in [0.25, 0.3) is 16.8 Å². The Balaban J connectivity index is 1.63. The second-order valence-corrected chi connectivity index (χ2v) is 7.99. The van der Waals surface area contributed by atoms with Crippen LogP contribution in [-0.2, 0) is 4.74 Å². The van der Waals surface area contributed by atoms with Gasteiger partial charge in [-0.05, 0) is 49.2 Å². The third-order valence-electron chi connectivity index (χ3n) is 5.20. The number of nitrogens with one attached hydrogen (secondary N) is 1. The first-order valence-electron chi connectivity index (χ1n) is 9.39. The number of carbonyl (C=O) groups is 1. The van der Waals surface area contributed by atoms with Crippen LogP contribution in [0, 0.1) is 19.3 Å². The minimum Gasteiger partial charge on any atom is -0.510 e. The molecule has 0 atom stereocenters. The molecule has 2 N–H and O–H groups in total. The monoisotopic (exact) mass is 419 g/mol. The highest BCUT2D eigenvalue weighted by Crippen LogP contribution is 2.35. The second-order valence-electron chi connectivity index (χ2n) is 7.14. The molecule has 0 aliphatic carbocycles. The first-order valence-corrected chi connectivity index (χ1v) is 10.3. The Labute approximate surface area is 178 Å². The van der Waals surface area contributed by atoms with Crippen LogP contribution in [0.1, 0.15) is 26.5 Å². The Kier molecular flexibility index (Phi) is 5.13. The topological polar surface area (TPSA) is 86.5 Å². The van der Waals surface area contributed by atoms with Gasteiger partial charge in [-0.2, -0.15) is 0 Å². The van der Waals surface area contributed by atoms with E-state index >= 15 is 0 Å². The number of anilines is 1. The number of carbonyl (C=O) groups excluding carboxylic acids is 1. The number of rotatable bonds is 4. The predicted octanol–water partition coefficient (Wildman–Crippen LogP) is 4.98. The number of thiazole rings is 1. The van der Waals surface area contributed by atoms with E-state index in [4.69, 9.17) is 10.1 Å². The molecule has 152 valence electrons. The lowest BCUT2D eigenvalue weighted by molar-refractivity contribution is 0.0601. The maximum absolute atomic E-state index is 11.8. The third kappa shape index (κ3) is 3.48. The lowest BCUT2D eigenvalue weighted by Gasteiger charge is -2.19. The number of methoxy groups -OCH3 is 1. The fourth-order valence-corrected chi connectivity index (χ4v) is 4.26. The van der Waals surface area contributed by atoms with Crippen molar-refractivity contribution < 1.29 is 14.6 Å². The van der Waals surface area contributed by atoms with Crippen molar-refractivity contribution in [3.63, 3.8) is 0 Å². The number of hydrogen-bond acceptors (Lipinski definition) is 6. The summed E-state index contributed by atoms with van der Waals surface area (Å²) < 4.78 is 4.77. The number of benzene rings is 2. The summed E-state index contributed by atoms with van der Waals surface area (Å²) in [5.74, 6) is -0.210. The molecule has 0 radical (unpaired) electrons. The quantitative estimate of drug-likeness (QED) is 0.583. The summed E-state index contributed by atoms with van der Waals surface area (Å²) in [4.78, 5) is 18.2. The highest BCUT2D eigenvalue weighted by Gasteiger charge is 2.31. The largest absolute Gasteiger partial charge is 0.510 e. The van der Waals surface area contributed by atoms with Gasteiger partial charge < -0.3 is 14.7 Å². The van der Waals surface area contributed by atoms with Gasteiger partial charge in [0.15, 0.2) is 0 Å². The third-order valence-corrected chi connectivity index (χ3v) is 6.06. The molecule has 1 aromatic heterocycles. The zero-order valence-electron chi connectivity index (χ0n) is 16.9. The molecular formula is C23H21N3O3S. The molecule has 1 aliphatic rings. The van der Waals surface area contributed by atoms with Gasteiger partial charge in [0, 0.05) is 16.6 Å². The number of aliphatic hydroxyl groups excluding tert-OH is 1. The van der Waals surface area contributed by atoms with Gasteiger partial charge >= 0.3 is 5.97 Å². The maximum atomic E-state index is 11.8. The van der Waals surface area contributed by atoms with Crippen LogP contribution in [0.15, 0.2) is 53.6 Å². The summed E-state index contributed by atoms with van der Waals surface area (Å²) in [5.41, 5.74) is 5.67. The van der Waals surface area contributed by atoms with Crippen molar-refractivity contribution in [1.29, 1.82) is 5.41 Å². The number of aliphatic hydroxyl groups is 1. The number of hydrogen-bond donors (Lipinski definition) is 2. The zero-order chi connectivity index (χ0) is 21.4. The van der Waals surface area contributed by atoms with Crippen molar-refractivity contribution in [1.82, 2.24) is 4.98 Å². The van der Waals surface area contributed by atoms with Gasteiger partial charge in [-0.3, -0.25) is 5.41 Å². The SMILES string of the molecule is COC(=O)c1cccc(N2CC(O)=C(c3nc(-c4ccc(C)c(C)c4)cs3)C2=N)c1. The summed E-state index contributed by atoms with van der Waals surface area (Å²) in [5, 5.41) is 21.8. The molecule has 0 bridgehead atoms. The first kappa shape index (κ1) is 19.8. The molecule has 0 amide bonds. The number of esters is 1. The van der Waals surface area contributed by atoms with Crippen LogP contribution in [0.5, 0.6) is 0 Å². The van der Waals surface area contributed by atoms with E-state index in [9.17, 15) is 9.90 Å². The smallest absolute Gasteiger partial charge is 0.337 e. The van der Waals surface area contributed by atoms with Gasteiger partial charge in [0.05, 0.1) is 30.5 Å². The lowest BCUT2D eigenvalue weighted by atomic mass is 10.1. The van der Waals surface area contributed by atoms with Crippen molar-refractivity contribution in [3.05, 3.63) is 75.3 Å². The van der Waals surface area contributed by atoms with E-state index in [0.717, 1.165) is 11.3 Å². The molecule has 3 aromatic rings. The Bertz CT molecular complexity index is 1200. The fraction of sp³-hybridized carbons (Fsp3) is 0.174. The van der Waals surface area contributed by atoms with E-state index < -0.39 is 5.97 Å². The zero-order valence-corrected chi connectivity index (χ0v) is 17.7. The van der Waals surface area contributed by atoms with Gasteiger partial charge in [0.25, 0.3) is 0 Å². The average molecular weight is 420 g/mol. The molecule has 30 heavy (non-hydrogen) atoms. The van der Waals surface area contributed by atoms with Gasteiger partial charge in [-0.15, -0.1) is 11.3 Å². The van der Waals surface area contributed by atoms with Gasteiger partial charge in [-0.1, -0.05) is 18.2 Å². The summed E-state index contributed by atoms with van der Waals surface area (Å²) in [7, 11) is 1.33. The second kappa shape index (κ2) is 7.76. The van der Waals surface area contributed by atoms with Crippen LogP contribution < -0.4 is 4.90 Å². The van der Waals surface area contributed by atoms with Gasteiger partial charge in [-0.25, -0.2) is 9.78 Å². The van der Waals surface area contributed by atoms with Crippen molar-refractivity contribution in [3.8, 4) is 11.3 Å². The molecule has 7 heteroatoms. The van der Waals surface area contributed by atoms with Crippen LogP contribution in [0.4, 0.5) is 5.69 Å². The molecule has 0 saturated heterocycles. The Morgan fingerprint density at radius 2 is 2.00 bits per heavy atom. The average Bonchev–Trinajstić information content (AvgIpc) is 3.33. The molecule has 2 aromatic carbocycles. The maximum Gasteiger partial charge on any atom is 0.337 e. The summed E-state index contributed by atoms with van der Waals surface area (Å²) in [6, 6.07) is 13.0. The van der Waals surface area contributed by atoms with E-state index in [-0.39, 0.29) is 18.1 Å². The number of amidine groups is 1. The highest BCUT2D eigenvalue weighted by atomic mass is 32.1. The standard InChI is InChI=1S/C23H21N3O3S/c1-13-7-8-15(9-14(13)2)18-12-30-22(25-18)20-19(27)11-26(21(20)24)17-6-4-5-16(10-17)23(28)29-3/h4-10,12,24,27H,11H2,1-3H3. The van der Waals surface area contributed by atoms with Crippen molar-refractivity contribution in [2.75, 3.05) is 18.6 Å². The molecule has 1 aliphatic heterocycles. The number of nitrogens with zero attached hydrogens (tertiary/aromatic N) is 2. The molecular weight excluding hydrogens is 398 g/mol. The summed E-state index contributed by atoms with van der Waals surface area (Å²) >= 11 is 1.40. The van der Waals surface area contributed by atoms with Crippen LogP contribution in [0.3, 0.4) is 0 Å². The first-order chi connectivity index (χ1) is 14.4. The van der Waals surface area contributed by atoms with Crippen LogP contribution in [-0.4, -0.2) is 35.5 Å². The van der Waals surface area contributed by atoms with E-state index in [2.05, 4.69) is 31.0 Å². The molecule has 2 heterocycles. The summed E-state index contributed by atoms with van der Waals surface area (Å²) in [6.45, 7) is 4.28. The normalized spacial score (nSPS) is 13.8. The molecule has 0 unspecified atom stereocenters. The van der Waals surface area contributed by atoms with Crippen LogP contribution >= 0.6 is 11.3 Å². The minimum absolute atomic E-state index is 0.0875. The minimum atomic E-state index is -0.446. The van der Waals surface area contributed by atoms with E-state index in [1.807, 2.05) is 11.4 Å². The Morgan fingerprint density at radius 1 is 1.20 bits per heavy atom. The predicted molar refractivity (Wildman–Crippen MR) is 119 cm³/mol. The lowest BCUT2D eigenvalue weighted by Crippen LogP contribution is -2.26. The Hall–Kier alpha value is -3.45. The molecule has 6 nitrogen and oxygen atoms in total. The van der Waals surface area contributed by atoms with Gasteiger partial charge in [0.2, 0.25) is 0 Å². The molecule has 4 rings (SSSR count). The highest BCUT2D eigenvalue weighted by molar-refractivity contribution is 7.11. The van der Waals surface area contributed by atoms with E-state index in [1.165, 1.54) is 29.6 Å². The molecule has 0 fully saturated rings. The molecule has 0 spiro atoms. The Morgan fingerprint density at radius 3 is 2.73 bits per heavy atom. The number of aryl methyl sites for hydroxylation is 2.